The number of ether oxygens (including phenoxy) is 1. The fourth-order valence-corrected chi connectivity index (χ4v) is 3.29. The molecule has 3 aliphatic rings. The second-order valence-electron chi connectivity index (χ2n) is 5.35. The third-order valence-electron chi connectivity index (χ3n) is 4.51. The molecular formula is C14H14O4. The molecule has 0 aromatic rings. The Labute approximate surface area is 105 Å². The summed E-state index contributed by atoms with van der Waals surface area (Å²) in [6.07, 6.45) is 2.47. The monoisotopic (exact) mass is 246 g/mol. The lowest BCUT2D eigenvalue weighted by atomic mass is 9.89. The molecule has 4 heteroatoms. The highest BCUT2D eigenvalue weighted by Crippen LogP contribution is 2.59. The summed E-state index contributed by atoms with van der Waals surface area (Å²) in [7, 11) is 0. The van der Waals surface area contributed by atoms with Gasteiger partial charge in [0.1, 0.15) is 6.29 Å². The molecule has 3 unspecified atom stereocenters. The fourth-order valence-electron chi connectivity index (χ4n) is 3.29. The van der Waals surface area contributed by atoms with E-state index in [9.17, 15) is 14.4 Å². The molecule has 3 atom stereocenters. The number of aldehydes is 1. The smallest absolute Gasteiger partial charge is 0.342 e. The molecule has 94 valence electrons. The maximum atomic E-state index is 11.6. The van der Waals surface area contributed by atoms with Crippen LogP contribution < -0.4 is 0 Å². The Morgan fingerprint density at radius 2 is 2.00 bits per heavy atom. The van der Waals surface area contributed by atoms with E-state index in [0.717, 1.165) is 23.9 Å². The van der Waals surface area contributed by atoms with Gasteiger partial charge in [0, 0.05) is 11.1 Å². The van der Waals surface area contributed by atoms with Crippen LogP contribution in [0.1, 0.15) is 26.7 Å². The predicted octanol–water partition coefficient (Wildman–Crippen LogP) is 1.56. The zero-order valence-electron chi connectivity index (χ0n) is 10.4. The van der Waals surface area contributed by atoms with Crippen LogP contribution in [0.4, 0.5) is 0 Å². The van der Waals surface area contributed by atoms with Crippen LogP contribution in [0.15, 0.2) is 22.3 Å². The Morgan fingerprint density at radius 1 is 1.28 bits per heavy atom. The first-order valence-electron chi connectivity index (χ1n) is 6.16. The lowest BCUT2D eigenvalue weighted by Gasteiger charge is -2.13. The molecule has 0 radical (unpaired) electrons. The number of hydrogen-bond acceptors (Lipinski definition) is 4. The van der Waals surface area contributed by atoms with Gasteiger partial charge in [0.15, 0.2) is 0 Å². The third-order valence-corrected chi connectivity index (χ3v) is 4.51. The lowest BCUT2D eigenvalue weighted by molar-refractivity contribution is -0.151. The van der Waals surface area contributed by atoms with Crippen LogP contribution in [0.5, 0.6) is 0 Å². The summed E-state index contributed by atoms with van der Waals surface area (Å²) in [5.74, 6) is 0.00679. The minimum Gasteiger partial charge on any atom is -0.386 e. The predicted molar refractivity (Wildman–Crippen MR) is 62.3 cm³/mol. The van der Waals surface area contributed by atoms with Crippen LogP contribution >= 0.6 is 0 Å². The first kappa shape index (κ1) is 11.4. The highest BCUT2D eigenvalue weighted by molar-refractivity contribution is 6.12. The van der Waals surface area contributed by atoms with Crippen molar-refractivity contribution in [3.8, 4) is 0 Å². The van der Waals surface area contributed by atoms with Crippen molar-refractivity contribution in [1.82, 2.24) is 0 Å². The summed E-state index contributed by atoms with van der Waals surface area (Å²) in [6.45, 7) is 3.60. The van der Waals surface area contributed by atoms with E-state index < -0.39 is 11.9 Å². The SMILES string of the molecule is CC1=C(CC2C(C=O)=C(C)C3CC32)C(=O)OC1=O. The molecule has 2 aliphatic carbocycles. The van der Waals surface area contributed by atoms with Gasteiger partial charge in [0.05, 0.1) is 0 Å². The molecule has 0 spiro atoms. The van der Waals surface area contributed by atoms with Crippen molar-refractivity contribution in [2.24, 2.45) is 17.8 Å². The van der Waals surface area contributed by atoms with Crippen LogP contribution in [0.3, 0.4) is 0 Å². The summed E-state index contributed by atoms with van der Waals surface area (Å²) in [6, 6.07) is 0. The second-order valence-corrected chi connectivity index (χ2v) is 5.35. The zero-order valence-corrected chi connectivity index (χ0v) is 10.4. The van der Waals surface area contributed by atoms with Gasteiger partial charge in [-0.25, -0.2) is 9.59 Å². The van der Waals surface area contributed by atoms with Gasteiger partial charge in [-0.3, -0.25) is 4.79 Å². The van der Waals surface area contributed by atoms with Gasteiger partial charge in [0.25, 0.3) is 0 Å². The molecule has 0 amide bonds. The van der Waals surface area contributed by atoms with Crippen LogP contribution in [0.25, 0.3) is 0 Å². The molecule has 0 N–H and O–H groups in total. The van der Waals surface area contributed by atoms with E-state index in [1.807, 2.05) is 6.92 Å². The molecule has 0 aromatic carbocycles. The van der Waals surface area contributed by atoms with Crippen molar-refractivity contribution in [2.45, 2.75) is 26.7 Å². The minimum atomic E-state index is -0.548. The maximum Gasteiger partial charge on any atom is 0.342 e. The average Bonchev–Trinajstić information content (AvgIpc) is 3.02. The Morgan fingerprint density at radius 3 is 2.56 bits per heavy atom. The van der Waals surface area contributed by atoms with Gasteiger partial charge in [-0.15, -0.1) is 0 Å². The maximum absolute atomic E-state index is 11.6. The number of esters is 2. The molecular weight excluding hydrogens is 232 g/mol. The normalized spacial score (nSPS) is 34.0. The van der Waals surface area contributed by atoms with Gasteiger partial charge >= 0.3 is 11.9 Å². The molecule has 3 rings (SSSR count). The number of rotatable bonds is 3. The third kappa shape index (κ3) is 1.41. The van der Waals surface area contributed by atoms with Crippen molar-refractivity contribution in [3.05, 3.63) is 22.3 Å². The number of fused-ring (bicyclic) bond motifs is 1. The standard InChI is InChI=1S/C14H14O4/c1-6-8-3-10(8)11(12(6)5-15)4-9-7(2)13(16)18-14(9)17/h5,8,10-11H,3-4H2,1-2H3. The molecule has 0 bridgehead atoms. The number of carbonyl (C=O) groups excluding carboxylic acids is 3. The first-order valence-corrected chi connectivity index (χ1v) is 6.16. The molecule has 0 saturated heterocycles. The fraction of sp³-hybridized carbons (Fsp3) is 0.500. The van der Waals surface area contributed by atoms with Crippen molar-refractivity contribution < 1.29 is 19.1 Å². The molecule has 1 heterocycles. The van der Waals surface area contributed by atoms with Gasteiger partial charge < -0.3 is 4.74 Å². The molecule has 1 aliphatic heterocycles. The summed E-state index contributed by atoms with van der Waals surface area (Å²) < 4.78 is 4.58. The topological polar surface area (TPSA) is 60.4 Å². The molecule has 4 nitrogen and oxygen atoms in total. The van der Waals surface area contributed by atoms with E-state index in [1.54, 1.807) is 6.92 Å². The highest BCUT2D eigenvalue weighted by atomic mass is 16.6. The van der Waals surface area contributed by atoms with Crippen LogP contribution in [0.2, 0.25) is 0 Å². The second kappa shape index (κ2) is 3.64. The summed E-state index contributed by atoms with van der Waals surface area (Å²) in [4.78, 5) is 34.0. The van der Waals surface area contributed by atoms with Gasteiger partial charge in [0.2, 0.25) is 0 Å². The number of allylic oxidation sites excluding steroid dienone is 2. The highest BCUT2D eigenvalue weighted by Gasteiger charge is 2.52. The lowest BCUT2D eigenvalue weighted by Crippen LogP contribution is -2.11. The van der Waals surface area contributed by atoms with Crippen LogP contribution in [0, 0.1) is 17.8 Å². The largest absolute Gasteiger partial charge is 0.386 e. The number of cyclic esters (lactones) is 2. The van der Waals surface area contributed by atoms with E-state index in [4.69, 9.17) is 0 Å². The summed E-state index contributed by atoms with van der Waals surface area (Å²) >= 11 is 0. The zero-order chi connectivity index (χ0) is 13.0. The molecule has 1 fully saturated rings. The Bertz CT molecular complexity index is 538. The van der Waals surface area contributed by atoms with Gasteiger partial charge in [-0.1, -0.05) is 5.57 Å². The average molecular weight is 246 g/mol. The van der Waals surface area contributed by atoms with Gasteiger partial charge in [-0.05, 0) is 50.0 Å². The van der Waals surface area contributed by atoms with Crippen molar-refractivity contribution in [1.29, 1.82) is 0 Å². The van der Waals surface area contributed by atoms with Crippen molar-refractivity contribution >= 4 is 18.2 Å². The van der Waals surface area contributed by atoms with Crippen LogP contribution in [-0.4, -0.2) is 18.2 Å². The van der Waals surface area contributed by atoms with E-state index in [-0.39, 0.29) is 5.92 Å². The number of carbonyl (C=O) groups is 3. The quantitative estimate of drug-likeness (QED) is 0.430. The van der Waals surface area contributed by atoms with Crippen molar-refractivity contribution in [3.63, 3.8) is 0 Å². The van der Waals surface area contributed by atoms with E-state index in [1.165, 1.54) is 0 Å². The molecule has 0 aromatic heterocycles. The Kier molecular flexibility index (Phi) is 2.30. The Hall–Kier alpha value is -1.71. The van der Waals surface area contributed by atoms with Crippen molar-refractivity contribution in [2.75, 3.05) is 0 Å². The molecule has 1 saturated carbocycles. The molecule has 18 heavy (non-hydrogen) atoms. The van der Waals surface area contributed by atoms with E-state index in [0.29, 0.717) is 29.4 Å². The summed E-state index contributed by atoms with van der Waals surface area (Å²) in [5.41, 5.74) is 2.83. The first-order chi connectivity index (χ1) is 8.54. The van der Waals surface area contributed by atoms with Gasteiger partial charge in [-0.2, -0.15) is 0 Å². The number of hydrogen-bond donors (Lipinski definition) is 0. The van der Waals surface area contributed by atoms with E-state index in [2.05, 4.69) is 4.74 Å². The van der Waals surface area contributed by atoms with Crippen LogP contribution in [-0.2, 0) is 19.1 Å². The summed E-state index contributed by atoms with van der Waals surface area (Å²) in [5, 5.41) is 0. The Balaban J connectivity index is 1.88. The van der Waals surface area contributed by atoms with E-state index >= 15 is 0 Å². The minimum absolute atomic E-state index is 0.0934.